The Morgan fingerprint density at radius 2 is 0.875 bits per heavy atom. The number of hydrogen-bond acceptors (Lipinski definition) is 0. The topological polar surface area (TPSA) is 0 Å². The normalized spacial score (nSPS) is 16.5. The summed E-state index contributed by atoms with van der Waals surface area (Å²) in [6, 6.07) is 0. The molecule has 0 aromatic rings. The Morgan fingerprint density at radius 3 is 0.938 bits per heavy atom. The number of allylic oxidation sites excluding steroid dienone is 12. The Kier molecular flexibility index (Phi) is 12.6. The molecule has 0 N–H and O–H groups in total. The first-order valence-corrected chi connectivity index (χ1v) is 5.15. The molecule has 0 unspecified atom stereocenters. The SMILES string of the molecule is [C]1=CC=CC1.[C]1=CC=CC1.[C]1=CC=CC1.[Dy]. The molecule has 0 saturated heterocycles. The van der Waals surface area contributed by atoms with Crippen LogP contribution in [0.3, 0.4) is 0 Å². The van der Waals surface area contributed by atoms with E-state index in [1.807, 2.05) is 36.5 Å². The van der Waals surface area contributed by atoms with Crippen molar-refractivity contribution >= 4 is 0 Å². The van der Waals surface area contributed by atoms with Crippen LogP contribution in [0.4, 0.5) is 0 Å². The van der Waals surface area contributed by atoms with E-state index in [4.69, 9.17) is 0 Å². The standard InChI is InChI=1S/3C5H5.Dy/c3*1-2-4-5-3-1;/h3*1-3H,4H2;. The van der Waals surface area contributed by atoms with Gasteiger partial charge >= 0.3 is 0 Å². The maximum absolute atomic E-state index is 2.99. The van der Waals surface area contributed by atoms with Crippen LogP contribution in [-0.2, 0) is 0 Å². The molecule has 0 aromatic heterocycles. The van der Waals surface area contributed by atoms with Gasteiger partial charge in [-0.2, -0.15) is 0 Å². The van der Waals surface area contributed by atoms with Crippen LogP contribution in [0.15, 0.2) is 54.7 Å². The van der Waals surface area contributed by atoms with Gasteiger partial charge in [-0.15, -0.1) is 0 Å². The van der Waals surface area contributed by atoms with Crippen molar-refractivity contribution in [2.75, 3.05) is 0 Å². The second-order valence-electron chi connectivity index (χ2n) is 3.01. The summed E-state index contributed by atoms with van der Waals surface area (Å²) in [6.45, 7) is 0. The van der Waals surface area contributed by atoms with Gasteiger partial charge in [-0.25, -0.2) is 0 Å². The molecule has 0 nitrogen and oxygen atoms in total. The number of rotatable bonds is 0. The van der Waals surface area contributed by atoms with Crippen LogP contribution < -0.4 is 0 Å². The van der Waals surface area contributed by atoms with E-state index in [1.165, 1.54) is 0 Å². The molecule has 3 rings (SSSR count). The van der Waals surface area contributed by atoms with Gasteiger partial charge in [0.05, 0.1) is 0 Å². The fourth-order valence-corrected chi connectivity index (χ4v) is 1.02. The van der Waals surface area contributed by atoms with E-state index in [0.717, 1.165) is 19.3 Å². The van der Waals surface area contributed by atoms with Crippen LogP contribution >= 0.6 is 0 Å². The van der Waals surface area contributed by atoms with Gasteiger partial charge in [-0.3, -0.25) is 0 Å². The average Bonchev–Trinajstić information content (AvgIpc) is 3.09. The Labute approximate surface area is 129 Å². The van der Waals surface area contributed by atoms with Gasteiger partial charge in [0.1, 0.15) is 0 Å². The molecule has 0 atom stereocenters. The summed E-state index contributed by atoms with van der Waals surface area (Å²) in [7, 11) is 0. The molecule has 1 heteroatoms. The van der Waals surface area contributed by atoms with Crippen molar-refractivity contribution in [1.29, 1.82) is 0 Å². The minimum absolute atomic E-state index is 0. The Morgan fingerprint density at radius 1 is 0.562 bits per heavy atom. The fourth-order valence-electron chi connectivity index (χ4n) is 1.02. The third-order valence-corrected chi connectivity index (χ3v) is 1.76. The molecule has 3 aliphatic rings. The summed E-state index contributed by atoms with van der Waals surface area (Å²) in [5, 5.41) is 0. The molecular formula is C15H15Dy. The van der Waals surface area contributed by atoms with Crippen molar-refractivity contribution in [2.24, 2.45) is 0 Å². The summed E-state index contributed by atoms with van der Waals surface area (Å²) in [6.07, 6.45) is 30.0. The van der Waals surface area contributed by atoms with Gasteiger partial charge in [0.15, 0.2) is 0 Å². The largest absolute Gasteiger partial charge is 0.0801 e. The molecule has 0 fully saturated rings. The Balaban J connectivity index is 0.000000205. The molecule has 0 spiro atoms. The Bertz CT molecular complexity index is 232. The first-order chi connectivity index (χ1) is 7.50. The molecule has 16 heavy (non-hydrogen) atoms. The molecule has 3 radical (unpaired) electrons. The summed E-state index contributed by atoms with van der Waals surface area (Å²) in [5.74, 6) is 0. The van der Waals surface area contributed by atoms with Crippen molar-refractivity contribution in [3.8, 4) is 0 Å². The average molecular weight is 358 g/mol. The maximum atomic E-state index is 2.99. The minimum Gasteiger partial charge on any atom is -0.0801 e. The molecule has 0 aliphatic heterocycles. The summed E-state index contributed by atoms with van der Waals surface area (Å²) in [5.41, 5.74) is 0. The van der Waals surface area contributed by atoms with Gasteiger partial charge in [-0.1, -0.05) is 54.7 Å². The van der Waals surface area contributed by atoms with E-state index >= 15 is 0 Å². The van der Waals surface area contributed by atoms with Crippen LogP contribution in [0, 0.1) is 56.4 Å². The van der Waals surface area contributed by atoms with Crippen LogP contribution in [-0.4, -0.2) is 0 Å². The quantitative estimate of drug-likeness (QED) is 0.616. The minimum atomic E-state index is 0. The maximum Gasteiger partial charge on any atom is 0 e. The third-order valence-electron chi connectivity index (χ3n) is 1.76. The molecule has 0 aromatic carbocycles. The first kappa shape index (κ1) is 15.7. The zero-order valence-corrected chi connectivity index (χ0v) is 11.2. The van der Waals surface area contributed by atoms with Crippen LogP contribution in [0.5, 0.6) is 0 Å². The first-order valence-electron chi connectivity index (χ1n) is 5.15. The second-order valence-corrected chi connectivity index (χ2v) is 3.01. The Hall–Kier alpha value is -0.287. The molecule has 0 amide bonds. The van der Waals surface area contributed by atoms with E-state index in [2.05, 4.69) is 36.5 Å². The molecule has 0 bridgehead atoms. The van der Waals surface area contributed by atoms with E-state index in [-0.39, 0.29) is 38.2 Å². The van der Waals surface area contributed by atoms with E-state index in [9.17, 15) is 0 Å². The van der Waals surface area contributed by atoms with Crippen molar-refractivity contribution in [3.05, 3.63) is 72.9 Å². The van der Waals surface area contributed by atoms with Crippen molar-refractivity contribution in [1.82, 2.24) is 0 Å². The van der Waals surface area contributed by atoms with Gasteiger partial charge in [-0.05, 0) is 37.5 Å². The summed E-state index contributed by atoms with van der Waals surface area (Å²) < 4.78 is 0. The molecule has 3 aliphatic carbocycles. The number of hydrogen-bond donors (Lipinski definition) is 0. The van der Waals surface area contributed by atoms with Gasteiger partial charge < -0.3 is 0 Å². The zero-order chi connectivity index (χ0) is 10.6. The van der Waals surface area contributed by atoms with Crippen molar-refractivity contribution < 1.29 is 38.2 Å². The van der Waals surface area contributed by atoms with E-state index in [0.29, 0.717) is 0 Å². The van der Waals surface area contributed by atoms with Gasteiger partial charge in [0.25, 0.3) is 0 Å². The van der Waals surface area contributed by atoms with Gasteiger partial charge in [0, 0.05) is 38.2 Å². The van der Waals surface area contributed by atoms with Crippen LogP contribution in [0.1, 0.15) is 19.3 Å². The van der Waals surface area contributed by atoms with Crippen LogP contribution in [0.2, 0.25) is 0 Å². The van der Waals surface area contributed by atoms with Crippen LogP contribution in [0.25, 0.3) is 0 Å². The monoisotopic (exact) mass is 359 g/mol. The molecule has 0 saturated carbocycles. The predicted octanol–water partition coefficient (Wildman–Crippen LogP) is 3.92. The molecular weight excluding hydrogens is 343 g/mol. The fraction of sp³-hybridized carbons (Fsp3) is 0.200. The third kappa shape index (κ3) is 10.2. The van der Waals surface area contributed by atoms with Crippen molar-refractivity contribution in [2.45, 2.75) is 19.3 Å². The van der Waals surface area contributed by atoms with Crippen molar-refractivity contribution in [3.63, 3.8) is 0 Å². The summed E-state index contributed by atoms with van der Waals surface area (Å²) >= 11 is 0. The van der Waals surface area contributed by atoms with E-state index < -0.39 is 0 Å². The smallest absolute Gasteiger partial charge is 0 e. The second kappa shape index (κ2) is 12.8. The molecule has 0 heterocycles. The van der Waals surface area contributed by atoms with Gasteiger partial charge in [0.2, 0.25) is 0 Å². The predicted molar refractivity (Wildman–Crippen MR) is 64.7 cm³/mol. The summed E-state index contributed by atoms with van der Waals surface area (Å²) in [4.78, 5) is 0. The van der Waals surface area contributed by atoms with E-state index in [1.54, 1.807) is 0 Å². The molecule has 85 valence electrons. The zero-order valence-electron chi connectivity index (χ0n) is 9.13.